The Morgan fingerprint density at radius 3 is 2.88 bits per heavy atom. The van der Waals surface area contributed by atoms with Crippen LogP contribution in [0.1, 0.15) is 11.6 Å². The first-order chi connectivity index (χ1) is 8.13. The quantitative estimate of drug-likeness (QED) is 0.843. The second-order valence-corrected chi connectivity index (χ2v) is 5.54. The van der Waals surface area contributed by atoms with Crippen molar-refractivity contribution < 1.29 is 0 Å². The maximum Gasteiger partial charge on any atom is 0.192 e. The third-order valence-electron chi connectivity index (χ3n) is 2.75. The average Bonchev–Trinajstić information content (AvgIpc) is 2.66. The van der Waals surface area contributed by atoms with Gasteiger partial charge in [-0.1, -0.05) is 12.1 Å². The van der Waals surface area contributed by atoms with Crippen LogP contribution in [0.15, 0.2) is 44.8 Å². The second kappa shape index (κ2) is 5.23. The fourth-order valence-electron chi connectivity index (χ4n) is 1.89. The summed E-state index contributed by atoms with van der Waals surface area (Å²) in [5, 5.41) is 0. The number of aliphatic imine (C=N–C) groups is 1. The molecule has 0 saturated heterocycles. The molecule has 0 spiro atoms. The molecule has 0 aliphatic carbocycles. The van der Waals surface area contributed by atoms with Crippen molar-refractivity contribution in [3.05, 3.63) is 45.4 Å². The van der Waals surface area contributed by atoms with Crippen LogP contribution in [-0.4, -0.2) is 23.9 Å². The topological polar surface area (TPSA) is 41.6 Å². The van der Waals surface area contributed by atoms with Crippen molar-refractivity contribution in [1.82, 2.24) is 4.90 Å². The highest BCUT2D eigenvalue weighted by atomic mass is 79.9. The molecule has 0 radical (unpaired) electrons. The largest absolute Gasteiger partial charge is 0.370 e. The minimum absolute atomic E-state index is 0.206. The van der Waals surface area contributed by atoms with Crippen LogP contribution in [0.25, 0.3) is 0 Å². The molecule has 0 bridgehead atoms. The highest BCUT2D eigenvalue weighted by Crippen LogP contribution is 2.31. The SMILES string of the molecule is C=CCN1C(N)=NCC1c1ccc(Br)c(Br)c1. The van der Waals surface area contributed by atoms with E-state index in [0.29, 0.717) is 19.0 Å². The molecular weight excluding hydrogens is 346 g/mol. The molecular formula is C12H13Br2N3. The zero-order valence-corrected chi connectivity index (χ0v) is 12.4. The average molecular weight is 359 g/mol. The number of guanidine groups is 1. The van der Waals surface area contributed by atoms with Crippen LogP contribution in [0.3, 0.4) is 0 Å². The Morgan fingerprint density at radius 1 is 1.47 bits per heavy atom. The first kappa shape index (κ1) is 12.6. The molecule has 2 N–H and O–H groups in total. The van der Waals surface area contributed by atoms with Crippen LogP contribution in [0, 0.1) is 0 Å². The van der Waals surface area contributed by atoms with E-state index in [1.54, 1.807) is 0 Å². The number of halogens is 2. The molecule has 3 nitrogen and oxygen atoms in total. The van der Waals surface area contributed by atoms with Gasteiger partial charge < -0.3 is 10.6 Å². The molecule has 1 aliphatic rings. The van der Waals surface area contributed by atoms with Gasteiger partial charge in [0.25, 0.3) is 0 Å². The summed E-state index contributed by atoms with van der Waals surface area (Å²) >= 11 is 6.98. The molecule has 1 aromatic rings. The standard InChI is InChI=1S/C12H13Br2N3/c1-2-5-17-11(7-16-12(17)15)8-3-4-9(13)10(14)6-8/h2-4,6,11H,1,5,7H2,(H2,15,16). The predicted octanol–water partition coefficient (Wildman–Crippen LogP) is 3.07. The van der Waals surface area contributed by atoms with Gasteiger partial charge >= 0.3 is 0 Å². The van der Waals surface area contributed by atoms with Crippen LogP contribution < -0.4 is 5.73 Å². The van der Waals surface area contributed by atoms with Gasteiger partial charge in [-0.25, -0.2) is 0 Å². The summed E-state index contributed by atoms with van der Waals surface area (Å²) < 4.78 is 2.09. The fraction of sp³-hybridized carbons (Fsp3) is 0.250. The van der Waals surface area contributed by atoms with Gasteiger partial charge in [-0.05, 0) is 49.6 Å². The Balaban J connectivity index is 2.27. The highest BCUT2D eigenvalue weighted by Gasteiger charge is 2.26. The van der Waals surface area contributed by atoms with Crippen molar-refractivity contribution in [2.75, 3.05) is 13.1 Å². The number of benzene rings is 1. The summed E-state index contributed by atoms with van der Waals surface area (Å²) in [6.45, 7) is 5.17. The number of nitrogens with zero attached hydrogens (tertiary/aromatic N) is 2. The van der Waals surface area contributed by atoms with E-state index in [1.165, 1.54) is 5.56 Å². The molecule has 0 fully saturated rings. The van der Waals surface area contributed by atoms with Gasteiger partial charge in [0.15, 0.2) is 5.96 Å². The number of rotatable bonds is 3. The molecule has 0 aromatic heterocycles. The molecule has 90 valence electrons. The van der Waals surface area contributed by atoms with Crippen LogP contribution >= 0.6 is 31.9 Å². The summed E-state index contributed by atoms with van der Waals surface area (Å²) in [4.78, 5) is 6.35. The maximum atomic E-state index is 5.87. The Bertz CT molecular complexity index is 471. The second-order valence-electron chi connectivity index (χ2n) is 3.83. The van der Waals surface area contributed by atoms with Crippen LogP contribution in [0.2, 0.25) is 0 Å². The van der Waals surface area contributed by atoms with Crippen LogP contribution in [0.5, 0.6) is 0 Å². The van der Waals surface area contributed by atoms with Gasteiger partial charge in [-0.3, -0.25) is 4.99 Å². The van der Waals surface area contributed by atoms with E-state index in [1.807, 2.05) is 12.1 Å². The van der Waals surface area contributed by atoms with Crippen molar-refractivity contribution in [2.24, 2.45) is 10.7 Å². The molecule has 0 saturated carbocycles. The van der Waals surface area contributed by atoms with Gasteiger partial charge in [-0.15, -0.1) is 6.58 Å². The van der Waals surface area contributed by atoms with Gasteiger partial charge in [0.2, 0.25) is 0 Å². The van der Waals surface area contributed by atoms with Crippen LogP contribution in [0.4, 0.5) is 0 Å². The van der Waals surface area contributed by atoms with E-state index in [-0.39, 0.29) is 6.04 Å². The van der Waals surface area contributed by atoms with Crippen molar-refractivity contribution in [3.63, 3.8) is 0 Å². The Labute approximate surface area is 118 Å². The summed E-state index contributed by atoms with van der Waals surface area (Å²) in [5.41, 5.74) is 7.07. The van der Waals surface area contributed by atoms with Crippen LogP contribution in [-0.2, 0) is 0 Å². The summed E-state index contributed by atoms with van der Waals surface area (Å²) in [7, 11) is 0. The van der Waals surface area contributed by atoms with E-state index in [4.69, 9.17) is 5.73 Å². The lowest BCUT2D eigenvalue weighted by molar-refractivity contribution is 0.380. The third-order valence-corrected chi connectivity index (χ3v) is 4.63. The fourth-order valence-corrected chi connectivity index (χ4v) is 2.54. The molecule has 1 aromatic carbocycles. The van der Waals surface area contributed by atoms with Crippen molar-refractivity contribution in [2.45, 2.75) is 6.04 Å². The summed E-state index contributed by atoms with van der Waals surface area (Å²) in [6, 6.07) is 6.42. The minimum Gasteiger partial charge on any atom is -0.370 e. The molecule has 5 heteroatoms. The van der Waals surface area contributed by atoms with E-state index in [0.717, 1.165) is 8.95 Å². The highest BCUT2D eigenvalue weighted by molar-refractivity contribution is 9.13. The molecule has 0 amide bonds. The maximum absolute atomic E-state index is 5.87. The lowest BCUT2D eigenvalue weighted by Crippen LogP contribution is -2.36. The summed E-state index contributed by atoms with van der Waals surface area (Å²) in [5.74, 6) is 0.592. The Kier molecular flexibility index (Phi) is 3.89. The Hall–Kier alpha value is -0.810. The number of hydrogen-bond acceptors (Lipinski definition) is 3. The Morgan fingerprint density at radius 2 is 2.24 bits per heavy atom. The molecule has 2 rings (SSSR count). The smallest absolute Gasteiger partial charge is 0.192 e. The van der Waals surface area contributed by atoms with Crippen molar-refractivity contribution >= 4 is 37.8 Å². The van der Waals surface area contributed by atoms with Gasteiger partial charge in [-0.2, -0.15) is 0 Å². The van der Waals surface area contributed by atoms with Gasteiger partial charge in [0.05, 0.1) is 12.6 Å². The van der Waals surface area contributed by atoms with Gasteiger partial charge in [0.1, 0.15) is 0 Å². The number of nitrogens with two attached hydrogens (primary N) is 1. The minimum atomic E-state index is 0.206. The van der Waals surface area contributed by atoms with E-state index in [2.05, 4.69) is 60.5 Å². The molecule has 1 aliphatic heterocycles. The summed E-state index contributed by atoms with van der Waals surface area (Å²) in [6.07, 6.45) is 1.84. The van der Waals surface area contributed by atoms with Crippen molar-refractivity contribution in [1.29, 1.82) is 0 Å². The van der Waals surface area contributed by atoms with E-state index >= 15 is 0 Å². The zero-order valence-electron chi connectivity index (χ0n) is 9.24. The molecule has 17 heavy (non-hydrogen) atoms. The monoisotopic (exact) mass is 357 g/mol. The zero-order chi connectivity index (χ0) is 12.4. The normalized spacial score (nSPS) is 19.3. The van der Waals surface area contributed by atoms with Crippen molar-refractivity contribution in [3.8, 4) is 0 Å². The lowest BCUT2D eigenvalue weighted by atomic mass is 10.1. The van der Waals surface area contributed by atoms with E-state index in [9.17, 15) is 0 Å². The predicted molar refractivity (Wildman–Crippen MR) is 78.0 cm³/mol. The number of hydrogen-bond donors (Lipinski definition) is 1. The molecule has 1 heterocycles. The molecule has 1 unspecified atom stereocenters. The van der Waals surface area contributed by atoms with E-state index < -0.39 is 0 Å². The first-order valence-corrected chi connectivity index (χ1v) is 6.84. The lowest BCUT2D eigenvalue weighted by Gasteiger charge is -2.25. The van der Waals surface area contributed by atoms with Gasteiger partial charge in [0, 0.05) is 15.5 Å². The third kappa shape index (κ3) is 2.55. The molecule has 1 atom stereocenters. The first-order valence-electron chi connectivity index (χ1n) is 5.26.